The molecule has 2 aromatic rings. The van der Waals surface area contributed by atoms with Gasteiger partial charge in [0.15, 0.2) is 0 Å². The number of nitrogens with one attached hydrogen (secondary N) is 1. The molecule has 2 N–H and O–H groups in total. The molecule has 0 aliphatic carbocycles. The van der Waals surface area contributed by atoms with E-state index in [-0.39, 0.29) is 0 Å². The van der Waals surface area contributed by atoms with Gasteiger partial charge in [-0.3, -0.25) is 9.69 Å². The Morgan fingerprint density at radius 3 is 2.68 bits per heavy atom. The largest absolute Gasteiger partial charge is 0.480 e. The molecule has 1 aliphatic heterocycles. The smallest absolute Gasteiger partial charge is 0.325 e. The Bertz CT molecular complexity index is 612. The Hall–Kier alpha value is -1.81. The van der Waals surface area contributed by atoms with Crippen molar-refractivity contribution in [1.82, 2.24) is 9.88 Å². The molecule has 0 bridgehead atoms. The summed E-state index contributed by atoms with van der Waals surface area (Å²) >= 11 is 0. The molecule has 1 atom stereocenters. The number of aromatic amines is 1. The Kier molecular flexibility index (Phi) is 3.03. The highest BCUT2D eigenvalue weighted by molar-refractivity contribution is 5.90. The molecule has 3 rings (SSSR count). The first-order valence-electron chi connectivity index (χ1n) is 6.72. The molecule has 0 radical (unpaired) electrons. The maximum absolute atomic E-state index is 11.7. The fraction of sp³-hybridized carbons (Fsp3) is 0.400. The number of nitrogens with zero attached hydrogens (tertiary/aromatic N) is 1. The molecule has 100 valence electrons. The van der Waals surface area contributed by atoms with Crippen molar-refractivity contribution in [2.24, 2.45) is 0 Å². The number of aromatic nitrogens is 1. The number of fused-ring (bicyclic) bond motifs is 1. The Morgan fingerprint density at radius 1 is 1.32 bits per heavy atom. The number of hydrogen-bond donors (Lipinski definition) is 2. The number of rotatable bonds is 3. The minimum absolute atomic E-state index is 0.529. The van der Waals surface area contributed by atoms with Crippen molar-refractivity contribution in [3.05, 3.63) is 35.5 Å². The van der Waals surface area contributed by atoms with Crippen LogP contribution >= 0.6 is 0 Å². The second-order valence-corrected chi connectivity index (χ2v) is 5.19. The molecule has 0 unspecified atom stereocenters. The minimum Gasteiger partial charge on any atom is -0.480 e. The number of benzene rings is 1. The maximum Gasteiger partial charge on any atom is 0.325 e. The topological polar surface area (TPSA) is 56.3 Å². The van der Waals surface area contributed by atoms with Crippen LogP contribution in [0.4, 0.5) is 0 Å². The van der Waals surface area contributed by atoms with Gasteiger partial charge in [-0.05, 0) is 38.9 Å². The van der Waals surface area contributed by atoms with Crippen LogP contribution < -0.4 is 0 Å². The van der Waals surface area contributed by atoms with Crippen molar-refractivity contribution in [2.75, 3.05) is 13.1 Å². The number of carboxylic acids is 1. The van der Waals surface area contributed by atoms with E-state index < -0.39 is 12.0 Å². The van der Waals surface area contributed by atoms with Gasteiger partial charge in [-0.2, -0.15) is 0 Å². The molecular formula is C15H18N2O2. The van der Waals surface area contributed by atoms with Crippen LogP contribution in [0.2, 0.25) is 0 Å². The van der Waals surface area contributed by atoms with Gasteiger partial charge in [-0.25, -0.2) is 0 Å². The number of aliphatic carboxylic acids is 1. The lowest BCUT2D eigenvalue weighted by atomic mass is 10.0. The zero-order chi connectivity index (χ0) is 13.4. The lowest BCUT2D eigenvalue weighted by Crippen LogP contribution is -2.32. The number of para-hydroxylation sites is 1. The van der Waals surface area contributed by atoms with Crippen molar-refractivity contribution in [2.45, 2.75) is 25.8 Å². The van der Waals surface area contributed by atoms with Gasteiger partial charge in [0.2, 0.25) is 0 Å². The van der Waals surface area contributed by atoms with Crippen LogP contribution in [0.15, 0.2) is 24.3 Å². The van der Waals surface area contributed by atoms with E-state index in [0.717, 1.165) is 48.1 Å². The third-order valence-corrected chi connectivity index (χ3v) is 3.96. The predicted octanol–water partition coefficient (Wildman–Crippen LogP) is 2.70. The lowest BCUT2D eigenvalue weighted by Gasteiger charge is -2.24. The van der Waals surface area contributed by atoms with Crippen LogP contribution in [0.5, 0.6) is 0 Å². The van der Waals surface area contributed by atoms with E-state index in [1.54, 1.807) is 0 Å². The standard InChI is InChI=1S/C15H18N2O2/c1-10-13(11-6-2-3-7-12(11)16-10)14(15(18)19)17-8-4-5-9-17/h2-3,6-7,14,16H,4-5,8-9H2,1H3,(H,18,19)/t14-/m0/s1. The normalized spacial score (nSPS) is 17.9. The molecule has 19 heavy (non-hydrogen) atoms. The lowest BCUT2D eigenvalue weighted by molar-refractivity contribution is -0.143. The zero-order valence-corrected chi connectivity index (χ0v) is 11.0. The molecule has 1 aromatic carbocycles. The average molecular weight is 258 g/mol. The van der Waals surface area contributed by atoms with Crippen LogP contribution in [-0.4, -0.2) is 34.0 Å². The number of hydrogen-bond acceptors (Lipinski definition) is 2. The SMILES string of the molecule is Cc1[nH]c2ccccc2c1[C@@H](C(=O)O)N1CCCC1. The van der Waals surface area contributed by atoms with Gasteiger partial charge < -0.3 is 10.1 Å². The third kappa shape index (κ3) is 2.02. The number of carbonyl (C=O) groups is 1. The van der Waals surface area contributed by atoms with Gasteiger partial charge in [0, 0.05) is 22.2 Å². The summed E-state index contributed by atoms with van der Waals surface area (Å²) in [5.41, 5.74) is 2.89. The second-order valence-electron chi connectivity index (χ2n) is 5.19. The van der Waals surface area contributed by atoms with E-state index in [2.05, 4.69) is 9.88 Å². The number of aryl methyl sites for hydroxylation is 1. The highest BCUT2D eigenvalue weighted by atomic mass is 16.4. The summed E-state index contributed by atoms with van der Waals surface area (Å²) in [5, 5.41) is 10.7. The van der Waals surface area contributed by atoms with E-state index in [4.69, 9.17) is 0 Å². The zero-order valence-electron chi connectivity index (χ0n) is 11.0. The van der Waals surface area contributed by atoms with Gasteiger partial charge in [-0.15, -0.1) is 0 Å². The van der Waals surface area contributed by atoms with Crippen LogP contribution in [0.25, 0.3) is 10.9 Å². The van der Waals surface area contributed by atoms with Crippen molar-refractivity contribution >= 4 is 16.9 Å². The van der Waals surface area contributed by atoms with Gasteiger partial charge in [0.05, 0.1) is 0 Å². The van der Waals surface area contributed by atoms with Gasteiger partial charge >= 0.3 is 5.97 Å². The summed E-state index contributed by atoms with van der Waals surface area (Å²) in [7, 11) is 0. The van der Waals surface area contributed by atoms with Crippen LogP contribution in [-0.2, 0) is 4.79 Å². The highest BCUT2D eigenvalue weighted by Crippen LogP contribution is 2.33. The molecule has 1 aliphatic rings. The van der Waals surface area contributed by atoms with Crippen LogP contribution in [0, 0.1) is 6.92 Å². The van der Waals surface area contributed by atoms with E-state index >= 15 is 0 Å². The number of carboxylic acid groups (broad SMARTS) is 1. The second kappa shape index (κ2) is 4.70. The molecule has 0 amide bonds. The molecule has 4 heteroatoms. The van der Waals surface area contributed by atoms with Gasteiger partial charge in [0.25, 0.3) is 0 Å². The van der Waals surface area contributed by atoms with Crippen molar-refractivity contribution < 1.29 is 9.90 Å². The first-order valence-corrected chi connectivity index (χ1v) is 6.72. The number of H-pyrrole nitrogens is 1. The van der Waals surface area contributed by atoms with E-state index in [0.29, 0.717) is 0 Å². The molecule has 1 fully saturated rings. The Labute approximate surface area is 112 Å². The summed E-state index contributed by atoms with van der Waals surface area (Å²) in [5.74, 6) is -0.755. The average Bonchev–Trinajstić information content (AvgIpc) is 2.99. The molecule has 1 saturated heterocycles. The first kappa shape index (κ1) is 12.2. The fourth-order valence-corrected chi connectivity index (χ4v) is 3.11. The van der Waals surface area contributed by atoms with Crippen molar-refractivity contribution in [1.29, 1.82) is 0 Å². The number of likely N-dealkylation sites (tertiary alicyclic amines) is 1. The summed E-state index contributed by atoms with van der Waals surface area (Å²) in [4.78, 5) is 17.1. The van der Waals surface area contributed by atoms with Crippen LogP contribution in [0.1, 0.15) is 30.1 Å². The molecule has 2 heterocycles. The molecular weight excluding hydrogens is 240 g/mol. The quantitative estimate of drug-likeness (QED) is 0.890. The predicted molar refractivity (Wildman–Crippen MR) is 74.2 cm³/mol. The molecule has 1 aromatic heterocycles. The Balaban J connectivity index is 2.14. The monoisotopic (exact) mass is 258 g/mol. The maximum atomic E-state index is 11.7. The van der Waals surface area contributed by atoms with Crippen LogP contribution in [0.3, 0.4) is 0 Å². The molecule has 4 nitrogen and oxygen atoms in total. The van der Waals surface area contributed by atoms with E-state index in [9.17, 15) is 9.90 Å². The summed E-state index contributed by atoms with van der Waals surface area (Å²) < 4.78 is 0. The highest BCUT2D eigenvalue weighted by Gasteiger charge is 2.32. The summed E-state index contributed by atoms with van der Waals surface area (Å²) in [6.07, 6.45) is 2.18. The fourth-order valence-electron chi connectivity index (χ4n) is 3.11. The molecule has 0 saturated carbocycles. The molecule has 0 spiro atoms. The Morgan fingerprint density at radius 2 is 2.00 bits per heavy atom. The summed E-state index contributed by atoms with van der Waals surface area (Å²) in [6.45, 7) is 3.70. The minimum atomic E-state index is -0.755. The van der Waals surface area contributed by atoms with E-state index in [1.165, 1.54) is 0 Å². The summed E-state index contributed by atoms with van der Waals surface area (Å²) in [6, 6.07) is 7.39. The van der Waals surface area contributed by atoms with Crippen molar-refractivity contribution in [3.63, 3.8) is 0 Å². The van der Waals surface area contributed by atoms with Crippen molar-refractivity contribution in [3.8, 4) is 0 Å². The van der Waals surface area contributed by atoms with Gasteiger partial charge in [-0.1, -0.05) is 18.2 Å². The van der Waals surface area contributed by atoms with E-state index in [1.807, 2.05) is 31.2 Å². The third-order valence-electron chi connectivity index (χ3n) is 3.96. The first-order chi connectivity index (χ1) is 9.18. The van der Waals surface area contributed by atoms with Gasteiger partial charge in [0.1, 0.15) is 6.04 Å².